The molecule has 1 amide bonds. The molecule has 2 N–H and O–H groups in total. The Kier molecular flexibility index (Phi) is 5.48. The van der Waals surface area contributed by atoms with Crippen LogP contribution in [0.15, 0.2) is 12.1 Å². The van der Waals surface area contributed by atoms with Crippen LogP contribution in [-0.4, -0.2) is 19.0 Å². The van der Waals surface area contributed by atoms with Gasteiger partial charge in [0.1, 0.15) is 0 Å². The largest absolute Gasteiger partial charge is 0.375 e. The summed E-state index contributed by atoms with van der Waals surface area (Å²) >= 11 is 6.15. The van der Waals surface area contributed by atoms with E-state index in [1.807, 2.05) is 26.0 Å². The fourth-order valence-corrected chi connectivity index (χ4v) is 2.08. The molecule has 0 saturated heterocycles. The standard InChI is InChI=1S/C14H21ClN2O/c1-9(2)7-16-13(18)8-17-14-11(4)5-10(3)6-12(14)15/h5-6,9,17H,7-8H2,1-4H3,(H,16,18). The van der Waals surface area contributed by atoms with Crippen LogP contribution in [0.5, 0.6) is 0 Å². The highest BCUT2D eigenvalue weighted by Crippen LogP contribution is 2.26. The Balaban J connectivity index is 2.56. The Morgan fingerprint density at radius 1 is 1.33 bits per heavy atom. The molecular formula is C14H21ClN2O. The normalized spacial score (nSPS) is 10.6. The Bertz CT molecular complexity index is 407. The summed E-state index contributed by atoms with van der Waals surface area (Å²) in [7, 11) is 0. The fraction of sp³-hybridized carbons (Fsp3) is 0.500. The summed E-state index contributed by atoms with van der Waals surface area (Å²) in [5, 5.41) is 6.60. The van der Waals surface area contributed by atoms with Gasteiger partial charge >= 0.3 is 0 Å². The Hall–Kier alpha value is -1.22. The number of rotatable bonds is 5. The molecule has 0 fully saturated rings. The smallest absolute Gasteiger partial charge is 0.239 e. The SMILES string of the molecule is Cc1cc(C)c(NCC(=O)NCC(C)C)c(Cl)c1. The predicted molar refractivity (Wildman–Crippen MR) is 77.3 cm³/mol. The maximum absolute atomic E-state index is 11.6. The summed E-state index contributed by atoms with van der Waals surface area (Å²) in [5.41, 5.74) is 3.01. The molecule has 0 aliphatic heterocycles. The molecule has 0 aliphatic rings. The van der Waals surface area contributed by atoms with Gasteiger partial charge < -0.3 is 10.6 Å². The van der Waals surface area contributed by atoms with Crippen LogP contribution in [0.3, 0.4) is 0 Å². The minimum absolute atomic E-state index is 0.0141. The summed E-state index contributed by atoms with van der Waals surface area (Å²) in [4.78, 5) is 11.6. The van der Waals surface area contributed by atoms with E-state index < -0.39 is 0 Å². The quantitative estimate of drug-likeness (QED) is 0.861. The molecule has 1 aromatic rings. The maximum Gasteiger partial charge on any atom is 0.239 e. The maximum atomic E-state index is 11.6. The topological polar surface area (TPSA) is 41.1 Å². The first kappa shape index (κ1) is 14.8. The average Bonchev–Trinajstić information content (AvgIpc) is 2.24. The van der Waals surface area contributed by atoms with Gasteiger partial charge in [-0.2, -0.15) is 0 Å². The van der Waals surface area contributed by atoms with Crippen LogP contribution < -0.4 is 10.6 Å². The van der Waals surface area contributed by atoms with Crippen LogP contribution in [0.25, 0.3) is 0 Å². The molecule has 0 aliphatic carbocycles. The van der Waals surface area contributed by atoms with Crippen molar-refractivity contribution >= 4 is 23.2 Å². The number of amides is 1. The van der Waals surface area contributed by atoms with Gasteiger partial charge in [0.15, 0.2) is 0 Å². The molecule has 0 heterocycles. The Morgan fingerprint density at radius 2 is 2.00 bits per heavy atom. The molecule has 0 atom stereocenters. The van der Waals surface area contributed by atoms with Crippen LogP contribution in [-0.2, 0) is 4.79 Å². The van der Waals surface area contributed by atoms with Crippen molar-refractivity contribution in [2.75, 3.05) is 18.4 Å². The number of hydrogen-bond donors (Lipinski definition) is 2. The highest BCUT2D eigenvalue weighted by molar-refractivity contribution is 6.33. The second-order valence-electron chi connectivity index (χ2n) is 4.99. The second kappa shape index (κ2) is 6.64. The Labute approximate surface area is 114 Å². The third-order valence-electron chi connectivity index (χ3n) is 2.56. The van der Waals surface area contributed by atoms with Gasteiger partial charge in [-0.15, -0.1) is 0 Å². The van der Waals surface area contributed by atoms with Crippen molar-refractivity contribution in [3.8, 4) is 0 Å². The van der Waals surface area contributed by atoms with Gasteiger partial charge in [0.2, 0.25) is 5.91 Å². The van der Waals surface area contributed by atoms with E-state index in [0.717, 1.165) is 16.8 Å². The average molecular weight is 269 g/mol. The van der Waals surface area contributed by atoms with Crippen molar-refractivity contribution in [2.45, 2.75) is 27.7 Å². The third kappa shape index (κ3) is 4.57. The van der Waals surface area contributed by atoms with Crippen LogP contribution in [0.2, 0.25) is 5.02 Å². The monoisotopic (exact) mass is 268 g/mol. The molecular weight excluding hydrogens is 248 g/mol. The van der Waals surface area contributed by atoms with Crippen LogP contribution in [0.1, 0.15) is 25.0 Å². The molecule has 0 radical (unpaired) electrons. The van der Waals surface area contributed by atoms with Crippen molar-refractivity contribution in [1.82, 2.24) is 5.32 Å². The van der Waals surface area contributed by atoms with E-state index in [1.165, 1.54) is 0 Å². The van der Waals surface area contributed by atoms with Crippen LogP contribution >= 0.6 is 11.6 Å². The lowest BCUT2D eigenvalue weighted by atomic mass is 10.1. The van der Waals surface area contributed by atoms with Crippen molar-refractivity contribution in [1.29, 1.82) is 0 Å². The zero-order valence-electron chi connectivity index (χ0n) is 11.4. The van der Waals surface area contributed by atoms with E-state index in [1.54, 1.807) is 0 Å². The fourth-order valence-electron chi connectivity index (χ4n) is 1.69. The number of benzene rings is 1. The van der Waals surface area contributed by atoms with Gasteiger partial charge in [0, 0.05) is 6.54 Å². The number of halogens is 1. The van der Waals surface area contributed by atoms with Gasteiger partial charge in [-0.25, -0.2) is 0 Å². The predicted octanol–water partition coefficient (Wildman–Crippen LogP) is 3.14. The molecule has 1 rings (SSSR count). The van der Waals surface area contributed by atoms with Crippen molar-refractivity contribution in [3.63, 3.8) is 0 Å². The van der Waals surface area contributed by atoms with Gasteiger partial charge in [-0.05, 0) is 37.0 Å². The first-order valence-electron chi connectivity index (χ1n) is 6.17. The number of aryl methyl sites for hydroxylation is 2. The zero-order chi connectivity index (χ0) is 13.7. The van der Waals surface area contributed by atoms with Crippen LogP contribution in [0.4, 0.5) is 5.69 Å². The number of hydrogen-bond acceptors (Lipinski definition) is 2. The van der Waals surface area contributed by atoms with Gasteiger partial charge in [-0.3, -0.25) is 4.79 Å². The number of carbonyl (C=O) groups excluding carboxylic acids is 1. The summed E-state index contributed by atoms with van der Waals surface area (Å²) in [5.74, 6) is 0.443. The Morgan fingerprint density at radius 3 is 2.56 bits per heavy atom. The minimum atomic E-state index is -0.0141. The van der Waals surface area contributed by atoms with Crippen LogP contribution in [0, 0.1) is 19.8 Å². The first-order chi connectivity index (χ1) is 8.40. The lowest BCUT2D eigenvalue weighted by Gasteiger charge is -2.13. The van der Waals surface area contributed by atoms with E-state index in [-0.39, 0.29) is 12.5 Å². The van der Waals surface area contributed by atoms with Crippen molar-refractivity contribution in [3.05, 3.63) is 28.3 Å². The third-order valence-corrected chi connectivity index (χ3v) is 2.86. The molecule has 0 saturated carbocycles. The zero-order valence-corrected chi connectivity index (χ0v) is 12.2. The number of carbonyl (C=O) groups is 1. The summed E-state index contributed by atoms with van der Waals surface area (Å²) in [6.45, 7) is 9.05. The molecule has 0 unspecified atom stereocenters. The molecule has 4 heteroatoms. The van der Waals surface area contributed by atoms with Gasteiger partial charge in [0.05, 0.1) is 17.3 Å². The highest BCUT2D eigenvalue weighted by atomic mass is 35.5. The van der Waals surface area contributed by atoms with Crippen molar-refractivity contribution < 1.29 is 4.79 Å². The van der Waals surface area contributed by atoms with E-state index >= 15 is 0 Å². The summed E-state index contributed by atoms with van der Waals surface area (Å²) in [6.07, 6.45) is 0. The lowest BCUT2D eigenvalue weighted by molar-refractivity contribution is -0.119. The molecule has 0 spiro atoms. The molecule has 3 nitrogen and oxygen atoms in total. The molecule has 0 aromatic heterocycles. The van der Waals surface area contributed by atoms with E-state index in [9.17, 15) is 4.79 Å². The molecule has 1 aromatic carbocycles. The molecule has 18 heavy (non-hydrogen) atoms. The molecule has 100 valence electrons. The van der Waals surface area contributed by atoms with E-state index in [2.05, 4.69) is 24.5 Å². The first-order valence-corrected chi connectivity index (χ1v) is 6.55. The molecule has 0 bridgehead atoms. The lowest BCUT2D eigenvalue weighted by Crippen LogP contribution is -2.32. The second-order valence-corrected chi connectivity index (χ2v) is 5.40. The van der Waals surface area contributed by atoms with Gasteiger partial charge in [-0.1, -0.05) is 31.5 Å². The minimum Gasteiger partial charge on any atom is -0.375 e. The van der Waals surface area contributed by atoms with Gasteiger partial charge in [0.25, 0.3) is 0 Å². The van der Waals surface area contributed by atoms with E-state index in [4.69, 9.17) is 11.6 Å². The highest BCUT2D eigenvalue weighted by Gasteiger charge is 2.07. The van der Waals surface area contributed by atoms with Crippen molar-refractivity contribution in [2.24, 2.45) is 5.92 Å². The number of nitrogens with one attached hydrogen (secondary N) is 2. The van der Waals surface area contributed by atoms with E-state index in [0.29, 0.717) is 17.5 Å². The number of anilines is 1. The summed E-state index contributed by atoms with van der Waals surface area (Å²) in [6, 6.07) is 3.93. The summed E-state index contributed by atoms with van der Waals surface area (Å²) < 4.78 is 0.